The maximum atomic E-state index is 13.6. The molecule has 1 aromatic heterocycles. The number of piperidine rings is 1. The summed E-state index contributed by atoms with van der Waals surface area (Å²) < 4.78 is 12.5. The first kappa shape index (κ1) is 19.9. The van der Waals surface area contributed by atoms with E-state index in [9.17, 15) is 4.79 Å². The summed E-state index contributed by atoms with van der Waals surface area (Å²) >= 11 is 9.93. The zero-order chi connectivity index (χ0) is 20.7. The van der Waals surface area contributed by atoms with E-state index in [4.69, 9.17) is 26.1 Å². The minimum Gasteiger partial charge on any atom is -0.347 e. The number of benzene rings is 2. The van der Waals surface area contributed by atoms with Gasteiger partial charge in [0.2, 0.25) is 0 Å². The Morgan fingerprint density at radius 2 is 1.80 bits per heavy atom. The molecule has 0 radical (unpaired) electrons. The molecule has 0 N–H and O–H groups in total. The average Bonchev–Trinajstić information content (AvgIpc) is 3.21. The molecule has 0 unspecified atom stereocenters. The van der Waals surface area contributed by atoms with E-state index in [1.165, 1.54) is 0 Å². The molecule has 7 heteroatoms. The Bertz CT molecular complexity index is 1120. The lowest BCUT2D eigenvalue weighted by Crippen LogP contribution is -2.47. The third-order valence-corrected chi connectivity index (χ3v) is 6.60. The standard InChI is InChI=1S/C23H20BrClN2O3/c24-15-5-6-20-17(13-15)18(14-21(26-20)16-3-1-2-4-19(16)25)22(28)27-9-7-23(8-10-27)29-11-12-30-23/h1-6,13-14H,7-12H2. The molecule has 0 saturated carbocycles. The second kappa shape index (κ2) is 7.93. The van der Waals surface area contributed by atoms with E-state index in [0.717, 1.165) is 20.9 Å². The number of amides is 1. The molecule has 2 saturated heterocycles. The quantitative estimate of drug-likeness (QED) is 0.492. The Balaban J connectivity index is 1.54. The minimum absolute atomic E-state index is 0.0124. The summed E-state index contributed by atoms with van der Waals surface area (Å²) in [6, 6.07) is 15.2. The van der Waals surface area contributed by atoms with Gasteiger partial charge in [-0.2, -0.15) is 0 Å². The van der Waals surface area contributed by atoms with E-state index in [1.807, 2.05) is 53.4 Å². The monoisotopic (exact) mass is 486 g/mol. The molecule has 1 amide bonds. The number of pyridine rings is 1. The fraction of sp³-hybridized carbons (Fsp3) is 0.304. The van der Waals surface area contributed by atoms with Crippen LogP contribution in [-0.2, 0) is 9.47 Å². The number of carbonyl (C=O) groups excluding carboxylic acids is 1. The van der Waals surface area contributed by atoms with Crippen molar-refractivity contribution < 1.29 is 14.3 Å². The highest BCUT2D eigenvalue weighted by Crippen LogP contribution is 2.34. The van der Waals surface area contributed by atoms with Crippen molar-refractivity contribution >= 4 is 44.3 Å². The molecule has 5 nitrogen and oxygen atoms in total. The van der Waals surface area contributed by atoms with Crippen molar-refractivity contribution in [3.63, 3.8) is 0 Å². The van der Waals surface area contributed by atoms with Crippen molar-refractivity contribution in [3.05, 3.63) is 63.6 Å². The Hall–Kier alpha value is -1.99. The Morgan fingerprint density at radius 1 is 1.07 bits per heavy atom. The van der Waals surface area contributed by atoms with Crippen LogP contribution in [0.4, 0.5) is 0 Å². The van der Waals surface area contributed by atoms with Crippen LogP contribution in [0.15, 0.2) is 53.0 Å². The molecule has 2 aromatic carbocycles. The molecule has 2 fully saturated rings. The number of ether oxygens (including phenoxy) is 2. The first-order valence-corrected chi connectivity index (χ1v) is 11.1. The zero-order valence-electron chi connectivity index (χ0n) is 16.2. The summed E-state index contributed by atoms with van der Waals surface area (Å²) in [5.74, 6) is -0.523. The predicted octanol–water partition coefficient (Wildman–Crippen LogP) is 5.30. The normalized spacial score (nSPS) is 18.3. The summed E-state index contributed by atoms with van der Waals surface area (Å²) in [7, 11) is 0. The Kier molecular flexibility index (Phi) is 5.27. The second-order valence-electron chi connectivity index (χ2n) is 7.60. The molecular weight excluding hydrogens is 468 g/mol. The summed E-state index contributed by atoms with van der Waals surface area (Å²) in [5, 5.41) is 1.43. The third-order valence-electron chi connectivity index (χ3n) is 5.78. The highest BCUT2D eigenvalue weighted by molar-refractivity contribution is 9.10. The SMILES string of the molecule is O=C(c1cc(-c2ccccc2Cl)nc2ccc(Br)cc12)N1CCC2(CC1)OCCO2. The number of likely N-dealkylation sites (tertiary alicyclic amines) is 1. The summed E-state index contributed by atoms with van der Waals surface area (Å²) in [5.41, 5.74) is 2.88. The van der Waals surface area contributed by atoms with Crippen LogP contribution < -0.4 is 0 Å². The molecule has 0 atom stereocenters. The van der Waals surface area contributed by atoms with Crippen LogP contribution in [0.25, 0.3) is 22.2 Å². The lowest BCUT2D eigenvalue weighted by atomic mass is 10.00. The van der Waals surface area contributed by atoms with Gasteiger partial charge in [-0.25, -0.2) is 4.98 Å². The molecule has 0 bridgehead atoms. The Labute approximate surface area is 188 Å². The number of fused-ring (bicyclic) bond motifs is 1. The van der Waals surface area contributed by atoms with Gasteiger partial charge in [0.15, 0.2) is 5.79 Å². The maximum absolute atomic E-state index is 13.6. The van der Waals surface area contributed by atoms with Crippen molar-refractivity contribution in [2.24, 2.45) is 0 Å². The molecule has 30 heavy (non-hydrogen) atoms. The van der Waals surface area contributed by atoms with Gasteiger partial charge in [-0.1, -0.05) is 45.7 Å². The van der Waals surface area contributed by atoms with Gasteiger partial charge in [-0.3, -0.25) is 4.79 Å². The fourth-order valence-electron chi connectivity index (χ4n) is 4.19. The average molecular weight is 488 g/mol. The number of rotatable bonds is 2. The molecular formula is C23H20BrClN2O3. The molecule has 154 valence electrons. The minimum atomic E-state index is -0.511. The van der Waals surface area contributed by atoms with Crippen LogP contribution in [0.5, 0.6) is 0 Å². The maximum Gasteiger partial charge on any atom is 0.254 e. The number of hydrogen-bond acceptors (Lipinski definition) is 4. The summed E-state index contributed by atoms with van der Waals surface area (Å²) in [6.07, 6.45) is 1.37. The fourth-order valence-corrected chi connectivity index (χ4v) is 4.78. The lowest BCUT2D eigenvalue weighted by molar-refractivity contribution is -0.181. The molecule has 2 aliphatic heterocycles. The summed E-state index contributed by atoms with van der Waals surface area (Å²) in [6.45, 7) is 2.44. The molecule has 5 rings (SSSR count). The lowest BCUT2D eigenvalue weighted by Gasteiger charge is -2.37. The molecule has 3 aromatic rings. The highest BCUT2D eigenvalue weighted by atomic mass is 79.9. The van der Waals surface area contributed by atoms with E-state index < -0.39 is 5.79 Å². The van der Waals surface area contributed by atoms with Crippen molar-refractivity contribution in [3.8, 4) is 11.3 Å². The van der Waals surface area contributed by atoms with Gasteiger partial charge in [0.1, 0.15) is 0 Å². The number of carbonyl (C=O) groups is 1. The van der Waals surface area contributed by atoms with Crippen LogP contribution in [-0.4, -0.2) is 47.9 Å². The molecule has 0 aliphatic carbocycles. The van der Waals surface area contributed by atoms with Gasteiger partial charge in [-0.15, -0.1) is 0 Å². The number of halogens is 2. The van der Waals surface area contributed by atoms with Crippen LogP contribution in [0.2, 0.25) is 5.02 Å². The number of aromatic nitrogens is 1. The third kappa shape index (κ3) is 3.62. The van der Waals surface area contributed by atoms with Crippen molar-refractivity contribution in [1.82, 2.24) is 9.88 Å². The summed E-state index contributed by atoms with van der Waals surface area (Å²) in [4.78, 5) is 20.2. The van der Waals surface area contributed by atoms with Crippen LogP contribution >= 0.6 is 27.5 Å². The zero-order valence-corrected chi connectivity index (χ0v) is 18.6. The highest BCUT2D eigenvalue weighted by Gasteiger charge is 2.41. The van der Waals surface area contributed by atoms with Gasteiger partial charge in [0.25, 0.3) is 5.91 Å². The van der Waals surface area contributed by atoms with Gasteiger partial charge < -0.3 is 14.4 Å². The Morgan fingerprint density at radius 3 is 2.53 bits per heavy atom. The van der Waals surface area contributed by atoms with Crippen molar-refractivity contribution in [2.45, 2.75) is 18.6 Å². The van der Waals surface area contributed by atoms with E-state index in [2.05, 4.69) is 15.9 Å². The first-order valence-electron chi connectivity index (χ1n) is 9.97. The van der Waals surface area contributed by atoms with E-state index in [0.29, 0.717) is 55.4 Å². The predicted molar refractivity (Wildman–Crippen MR) is 120 cm³/mol. The van der Waals surface area contributed by atoms with Crippen LogP contribution in [0, 0.1) is 0 Å². The van der Waals surface area contributed by atoms with Crippen molar-refractivity contribution in [1.29, 1.82) is 0 Å². The smallest absolute Gasteiger partial charge is 0.254 e. The van der Waals surface area contributed by atoms with Gasteiger partial charge >= 0.3 is 0 Å². The molecule has 3 heterocycles. The van der Waals surface area contributed by atoms with Gasteiger partial charge in [-0.05, 0) is 30.3 Å². The van der Waals surface area contributed by atoms with E-state index in [-0.39, 0.29) is 5.91 Å². The molecule has 1 spiro atoms. The van der Waals surface area contributed by atoms with E-state index in [1.54, 1.807) is 0 Å². The topological polar surface area (TPSA) is 51.7 Å². The number of hydrogen-bond donors (Lipinski definition) is 0. The number of nitrogens with zero attached hydrogens (tertiary/aromatic N) is 2. The van der Waals surface area contributed by atoms with E-state index >= 15 is 0 Å². The van der Waals surface area contributed by atoms with Crippen molar-refractivity contribution in [2.75, 3.05) is 26.3 Å². The van der Waals surface area contributed by atoms with Gasteiger partial charge in [0, 0.05) is 46.4 Å². The van der Waals surface area contributed by atoms with Gasteiger partial charge in [0.05, 0.1) is 30.0 Å². The largest absolute Gasteiger partial charge is 0.347 e. The molecule has 2 aliphatic rings. The first-order chi connectivity index (χ1) is 14.5. The van der Waals surface area contributed by atoms with Crippen LogP contribution in [0.1, 0.15) is 23.2 Å². The van der Waals surface area contributed by atoms with Crippen LogP contribution in [0.3, 0.4) is 0 Å². The second-order valence-corrected chi connectivity index (χ2v) is 8.92.